The van der Waals surface area contributed by atoms with E-state index in [0.717, 1.165) is 10.6 Å². The lowest BCUT2D eigenvalue weighted by Gasteiger charge is -2.37. The van der Waals surface area contributed by atoms with Gasteiger partial charge in [-0.2, -0.15) is 0 Å². The molecule has 1 heterocycles. The van der Waals surface area contributed by atoms with E-state index < -0.39 is 5.97 Å². The number of hydrogen-bond acceptors (Lipinski definition) is 6. The van der Waals surface area contributed by atoms with Crippen molar-refractivity contribution < 1.29 is 19.1 Å². The molecule has 2 amide bonds. The van der Waals surface area contributed by atoms with Crippen molar-refractivity contribution >= 4 is 40.9 Å². The van der Waals surface area contributed by atoms with Crippen molar-refractivity contribution in [3.8, 4) is 0 Å². The van der Waals surface area contributed by atoms with Crippen LogP contribution in [0.4, 0.5) is 11.4 Å². The number of nitrogens with zero attached hydrogens (tertiary/aromatic N) is 2. The summed E-state index contributed by atoms with van der Waals surface area (Å²) in [4.78, 5) is 42.6. The maximum absolute atomic E-state index is 12.8. The molecule has 3 aromatic rings. The standard InChI is InChI=1S/C27H27N3O4S/c1-34-27(33)21-12-13-24(23(18-21)28-25(31)19-35-22-10-6-3-7-11-22)29-14-16-30(17-15-29)26(32)20-8-4-2-5-9-20/h2-13,18H,14-17,19H2,1H3,(H,28,31). The monoisotopic (exact) mass is 489 g/mol. The normalized spacial score (nSPS) is 13.3. The number of anilines is 2. The summed E-state index contributed by atoms with van der Waals surface area (Å²) in [7, 11) is 1.33. The van der Waals surface area contributed by atoms with E-state index in [1.165, 1.54) is 18.9 Å². The molecule has 180 valence electrons. The molecule has 1 saturated heterocycles. The molecule has 3 aromatic carbocycles. The molecule has 0 radical (unpaired) electrons. The molecule has 1 fully saturated rings. The zero-order valence-corrected chi connectivity index (χ0v) is 20.3. The van der Waals surface area contributed by atoms with Gasteiger partial charge in [-0.3, -0.25) is 9.59 Å². The van der Waals surface area contributed by atoms with Crippen molar-refractivity contribution in [3.63, 3.8) is 0 Å². The third-order valence-corrected chi connectivity index (χ3v) is 6.75. The zero-order chi connectivity index (χ0) is 24.6. The summed E-state index contributed by atoms with van der Waals surface area (Å²) < 4.78 is 4.86. The molecule has 0 spiro atoms. The minimum absolute atomic E-state index is 0.0118. The summed E-state index contributed by atoms with van der Waals surface area (Å²) in [5.41, 5.74) is 2.39. The third-order valence-electron chi connectivity index (χ3n) is 5.73. The van der Waals surface area contributed by atoms with Gasteiger partial charge in [0.25, 0.3) is 5.91 Å². The van der Waals surface area contributed by atoms with E-state index in [-0.39, 0.29) is 17.6 Å². The second-order valence-electron chi connectivity index (χ2n) is 8.02. The largest absolute Gasteiger partial charge is 0.465 e. The third kappa shape index (κ3) is 6.22. The molecule has 1 aliphatic heterocycles. The number of carbonyl (C=O) groups excluding carboxylic acids is 3. The van der Waals surface area contributed by atoms with E-state index >= 15 is 0 Å². The van der Waals surface area contributed by atoms with Crippen LogP contribution >= 0.6 is 11.8 Å². The van der Waals surface area contributed by atoms with Crippen molar-refractivity contribution in [1.82, 2.24) is 4.90 Å². The Morgan fingerprint density at radius 3 is 2.17 bits per heavy atom. The minimum Gasteiger partial charge on any atom is -0.465 e. The second-order valence-corrected chi connectivity index (χ2v) is 9.07. The highest BCUT2D eigenvalue weighted by Crippen LogP contribution is 2.29. The molecule has 0 bridgehead atoms. The van der Waals surface area contributed by atoms with Gasteiger partial charge in [0.05, 0.1) is 29.8 Å². The first-order chi connectivity index (χ1) is 17.0. The summed E-state index contributed by atoms with van der Waals surface area (Å²) in [6.07, 6.45) is 0. The molecule has 0 aliphatic carbocycles. The van der Waals surface area contributed by atoms with E-state index in [4.69, 9.17) is 4.74 Å². The molecule has 1 N–H and O–H groups in total. The molecule has 0 atom stereocenters. The van der Waals surface area contributed by atoms with E-state index in [1.54, 1.807) is 12.1 Å². The van der Waals surface area contributed by atoms with Crippen LogP contribution in [0.2, 0.25) is 0 Å². The molecular formula is C27H27N3O4S. The number of hydrogen-bond donors (Lipinski definition) is 1. The van der Waals surface area contributed by atoms with Gasteiger partial charge >= 0.3 is 5.97 Å². The van der Waals surface area contributed by atoms with Gasteiger partial charge in [0.2, 0.25) is 5.91 Å². The molecule has 1 aliphatic rings. The summed E-state index contributed by atoms with van der Waals surface area (Å²) >= 11 is 1.44. The van der Waals surface area contributed by atoms with E-state index in [2.05, 4.69) is 10.2 Å². The van der Waals surface area contributed by atoms with Crippen molar-refractivity contribution in [3.05, 3.63) is 90.0 Å². The quantitative estimate of drug-likeness (QED) is 0.397. The lowest BCUT2D eigenvalue weighted by Crippen LogP contribution is -2.49. The van der Waals surface area contributed by atoms with Gasteiger partial charge in [-0.1, -0.05) is 36.4 Å². The number of methoxy groups -OCH3 is 1. The predicted octanol–water partition coefficient (Wildman–Crippen LogP) is 4.17. The Balaban J connectivity index is 1.46. The van der Waals surface area contributed by atoms with Crippen LogP contribution < -0.4 is 10.2 Å². The van der Waals surface area contributed by atoms with Gasteiger partial charge in [0.15, 0.2) is 0 Å². The zero-order valence-electron chi connectivity index (χ0n) is 19.5. The van der Waals surface area contributed by atoms with Crippen LogP contribution in [0.25, 0.3) is 0 Å². The van der Waals surface area contributed by atoms with Gasteiger partial charge in [-0.15, -0.1) is 11.8 Å². The first-order valence-corrected chi connectivity index (χ1v) is 12.3. The fourth-order valence-electron chi connectivity index (χ4n) is 3.92. The molecule has 8 heteroatoms. The first-order valence-electron chi connectivity index (χ1n) is 11.3. The number of amides is 2. The molecular weight excluding hydrogens is 462 g/mol. The maximum Gasteiger partial charge on any atom is 0.337 e. The van der Waals surface area contributed by atoms with Crippen LogP contribution in [0.5, 0.6) is 0 Å². The van der Waals surface area contributed by atoms with Crippen molar-refractivity contribution in [2.24, 2.45) is 0 Å². The summed E-state index contributed by atoms with van der Waals surface area (Å²) in [6, 6.07) is 24.1. The van der Waals surface area contributed by atoms with E-state index in [1.807, 2.05) is 71.6 Å². The Hall–Kier alpha value is -3.78. The topological polar surface area (TPSA) is 79.0 Å². The van der Waals surface area contributed by atoms with Gasteiger partial charge in [-0.05, 0) is 42.5 Å². The minimum atomic E-state index is -0.469. The van der Waals surface area contributed by atoms with Crippen LogP contribution in [-0.4, -0.2) is 61.7 Å². The lowest BCUT2D eigenvalue weighted by molar-refractivity contribution is -0.113. The Morgan fingerprint density at radius 2 is 1.51 bits per heavy atom. The lowest BCUT2D eigenvalue weighted by atomic mass is 10.1. The fraction of sp³-hybridized carbons (Fsp3) is 0.222. The highest BCUT2D eigenvalue weighted by Gasteiger charge is 2.24. The molecule has 0 saturated carbocycles. The van der Waals surface area contributed by atoms with E-state index in [9.17, 15) is 14.4 Å². The summed E-state index contributed by atoms with van der Waals surface area (Å²) in [5, 5.41) is 2.97. The molecule has 35 heavy (non-hydrogen) atoms. The van der Waals surface area contributed by atoms with Crippen LogP contribution in [0.15, 0.2) is 83.8 Å². The van der Waals surface area contributed by atoms with Crippen molar-refractivity contribution in [1.29, 1.82) is 0 Å². The number of thioether (sulfide) groups is 1. The Kier molecular flexibility index (Phi) is 8.05. The van der Waals surface area contributed by atoms with E-state index in [0.29, 0.717) is 43.0 Å². The maximum atomic E-state index is 12.8. The number of rotatable bonds is 7. The van der Waals surface area contributed by atoms with Crippen LogP contribution in [-0.2, 0) is 9.53 Å². The van der Waals surface area contributed by atoms with Gasteiger partial charge in [0.1, 0.15) is 0 Å². The molecule has 4 rings (SSSR count). The average Bonchev–Trinajstić information content (AvgIpc) is 2.92. The van der Waals surface area contributed by atoms with Gasteiger partial charge in [0, 0.05) is 36.6 Å². The number of ether oxygens (including phenoxy) is 1. The SMILES string of the molecule is COC(=O)c1ccc(N2CCN(C(=O)c3ccccc3)CC2)c(NC(=O)CSc2ccccc2)c1. The molecule has 7 nitrogen and oxygen atoms in total. The highest BCUT2D eigenvalue weighted by molar-refractivity contribution is 8.00. The number of benzene rings is 3. The molecule has 0 aromatic heterocycles. The summed E-state index contributed by atoms with van der Waals surface area (Å²) in [5.74, 6) is -0.382. The predicted molar refractivity (Wildman–Crippen MR) is 138 cm³/mol. The number of piperazine rings is 1. The number of nitrogens with one attached hydrogen (secondary N) is 1. The Labute approximate surface area is 209 Å². The first kappa shape index (κ1) is 24.3. The van der Waals surface area contributed by atoms with Gasteiger partial charge in [-0.25, -0.2) is 4.79 Å². The van der Waals surface area contributed by atoms with Crippen LogP contribution in [0.3, 0.4) is 0 Å². The Morgan fingerprint density at radius 1 is 0.857 bits per heavy atom. The highest BCUT2D eigenvalue weighted by atomic mass is 32.2. The van der Waals surface area contributed by atoms with Crippen LogP contribution in [0.1, 0.15) is 20.7 Å². The second kappa shape index (κ2) is 11.6. The average molecular weight is 490 g/mol. The van der Waals surface area contributed by atoms with Crippen molar-refractivity contribution in [2.75, 3.05) is 49.3 Å². The smallest absolute Gasteiger partial charge is 0.337 e. The molecule has 0 unspecified atom stereocenters. The van der Waals surface area contributed by atoms with Gasteiger partial charge < -0.3 is 19.9 Å². The van der Waals surface area contributed by atoms with Crippen LogP contribution in [0, 0.1) is 0 Å². The number of esters is 1. The van der Waals surface area contributed by atoms with Crippen molar-refractivity contribution in [2.45, 2.75) is 4.90 Å². The fourth-order valence-corrected chi connectivity index (χ4v) is 4.64. The Bertz CT molecular complexity index is 1180. The number of carbonyl (C=O) groups is 3. The summed E-state index contributed by atoms with van der Waals surface area (Å²) in [6.45, 7) is 2.34.